The van der Waals surface area contributed by atoms with E-state index in [0.29, 0.717) is 25.7 Å². The van der Waals surface area contributed by atoms with Crippen LogP contribution < -0.4 is 14.8 Å². The molecule has 7 nitrogen and oxygen atoms in total. The van der Waals surface area contributed by atoms with Gasteiger partial charge in [0.25, 0.3) is 0 Å². The van der Waals surface area contributed by atoms with Gasteiger partial charge < -0.3 is 24.4 Å². The molecule has 7 heteroatoms. The van der Waals surface area contributed by atoms with Gasteiger partial charge in [-0.1, -0.05) is 24.3 Å². The minimum Gasteiger partial charge on any atom is -0.496 e. The first-order chi connectivity index (χ1) is 16.9. The summed E-state index contributed by atoms with van der Waals surface area (Å²) >= 11 is 0. The number of hydrogen-bond acceptors (Lipinski definition) is 5. The third-order valence-electron chi connectivity index (χ3n) is 7.26. The first-order valence-corrected chi connectivity index (χ1v) is 12.4. The Hall–Kier alpha value is -2.77. The maximum atomic E-state index is 13.2. The van der Waals surface area contributed by atoms with Gasteiger partial charge in [-0.3, -0.25) is 4.90 Å². The van der Waals surface area contributed by atoms with E-state index in [2.05, 4.69) is 43.1 Å². The second-order valence-corrected chi connectivity index (χ2v) is 9.27. The lowest BCUT2D eigenvalue weighted by atomic mass is 9.94. The molecule has 1 aliphatic rings. The Labute approximate surface area is 210 Å². The fourth-order valence-corrected chi connectivity index (χ4v) is 4.88. The Bertz CT molecular complexity index is 973. The molecule has 192 valence electrons. The van der Waals surface area contributed by atoms with E-state index in [0.717, 1.165) is 43.0 Å². The number of methoxy groups -OCH3 is 3. The molecule has 0 spiro atoms. The molecule has 2 amide bonds. The van der Waals surface area contributed by atoms with E-state index in [9.17, 15) is 4.79 Å². The second kappa shape index (κ2) is 12.8. The summed E-state index contributed by atoms with van der Waals surface area (Å²) in [7, 11) is 5.03. The maximum absolute atomic E-state index is 13.2. The number of urea groups is 1. The first kappa shape index (κ1) is 26.8. The summed E-state index contributed by atoms with van der Waals surface area (Å²) in [5, 5.41) is 3.27. The van der Waals surface area contributed by atoms with Gasteiger partial charge in [-0.25, -0.2) is 4.79 Å². The number of carbonyl (C=O) groups excluding carboxylic acids is 1. The number of piperidine rings is 1. The lowest BCUT2D eigenvalue weighted by molar-refractivity contribution is 0.131. The van der Waals surface area contributed by atoms with Crippen LogP contribution in [0.25, 0.3) is 0 Å². The van der Waals surface area contributed by atoms with Crippen LogP contribution in [-0.2, 0) is 11.3 Å². The van der Waals surface area contributed by atoms with Crippen molar-refractivity contribution in [1.82, 2.24) is 15.1 Å². The van der Waals surface area contributed by atoms with E-state index in [1.165, 1.54) is 16.7 Å². The number of hydrogen-bond donors (Lipinski definition) is 1. The molecule has 1 N–H and O–H groups in total. The Morgan fingerprint density at radius 3 is 2.37 bits per heavy atom. The van der Waals surface area contributed by atoms with E-state index in [1.54, 1.807) is 26.2 Å². The van der Waals surface area contributed by atoms with Crippen molar-refractivity contribution in [1.29, 1.82) is 0 Å². The number of nitrogens with one attached hydrogen (secondary N) is 1. The SMILES string of the molecule is COCCN(Cc1ccccc1OC)C(=O)NC1CCN(C(C)c2ccc(OC)c(C)c2C)CC1. The van der Waals surface area contributed by atoms with Crippen LogP contribution in [0.15, 0.2) is 36.4 Å². The summed E-state index contributed by atoms with van der Waals surface area (Å²) in [5.41, 5.74) is 4.81. The third kappa shape index (κ3) is 6.67. The molecule has 0 saturated carbocycles. The van der Waals surface area contributed by atoms with Crippen LogP contribution in [0, 0.1) is 13.8 Å². The zero-order valence-electron chi connectivity index (χ0n) is 22.1. The molecule has 0 radical (unpaired) electrons. The molecule has 3 rings (SSSR count). The van der Waals surface area contributed by atoms with Gasteiger partial charge in [-0.2, -0.15) is 0 Å². The third-order valence-corrected chi connectivity index (χ3v) is 7.26. The fraction of sp³-hybridized carbons (Fsp3) is 0.536. The topological polar surface area (TPSA) is 63.3 Å². The summed E-state index contributed by atoms with van der Waals surface area (Å²) in [5.74, 6) is 1.72. The van der Waals surface area contributed by atoms with Gasteiger partial charge in [-0.15, -0.1) is 0 Å². The molecule has 1 fully saturated rings. The lowest BCUT2D eigenvalue weighted by Crippen LogP contribution is -2.50. The van der Waals surface area contributed by atoms with Crippen LogP contribution in [0.1, 0.15) is 48.1 Å². The number of likely N-dealkylation sites (tertiary alicyclic amines) is 1. The highest BCUT2D eigenvalue weighted by Gasteiger charge is 2.27. The Morgan fingerprint density at radius 2 is 1.71 bits per heavy atom. The standard InChI is InChI=1S/C28H41N3O4/c1-20-21(2)26(34-5)12-11-25(20)22(3)30-15-13-24(14-16-30)29-28(32)31(17-18-33-4)19-23-9-7-8-10-27(23)35-6/h7-12,22,24H,13-19H2,1-6H3,(H,29,32). The van der Waals surface area contributed by atoms with Crippen molar-refractivity contribution in [2.75, 3.05) is 47.6 Å². The summed E-state index contributed by atoms with van der Waals surface area (Å²) < 4.78 is 16.2. The highest BCUT2D eigenvalue weighted by Crippen LogP contribution is 2.32. The number of para-hydroxylation sites is 1. The number of ether oxygens (including phenoxy) is 3. The molecule has 1 aliphatic heterocycles. The van der Waals surface area contributed by atoms with Crippen molar-refractivity contribution in [3.8, 4) is 11.5 Å². The fourth-order valence-electron chi connectivity index (χ4n) is 4.88. The highest BCUT2D eigenvalue weighted by atomic mass is 16.5. The molecule has 1 unspecified atom stereocenters. The molecule has 1 atom stereocenters. The number of benzene rings is 2. The van der Waals surface area contributed by atoms with Crippen LogP contribution in [0.3, 0.4) is 0 Å². The van der Waals surface area contributed by atoms with Crippen LogP contribution in [-0.4, -0.2) is 69.4 Å². The van der Waals surface area contributed by atoms with Crippen molar-refractivity contribution in [2.24, 2.45) is 0 Å². The van der Waals surface area contributed by atoms with E-state index in [-0.39, 0.29) is 12.1 Å². The summed E-state index contributed by atoms with van der Waals surface area (Å²) in [4.78, 5) is 17.5. The van der Waals surface area contributed by atoms with Crippen molar-refractivity contribution >= 4 is 6.03 Å². The van der Waals surface area contributed by atoms with Crippen LogP contribution in [0.5, 0.6) is 11.5 Å². The summed E-state index contributed by atoms with van der Waals surface area (Å²) in [6.45, 7) is 9.94. The molecule has 1 heterocycles. The van der Waals surface area contributed by atoms with Crippen molar-refractivity contribution < 1.29 is 19.0 Å². The average Bonchev–Trinajstić information content (AvgIpc) is 2.88. The largest absolute Gasteiger partial charge is 0.496 e. The first-order valence-electron chi connectivity index (χ1n) is 12.4. The normalized spacial score (nSPS) is 15.5. The van der Waals surface area contributed by atoms with E-state index < -0.39 is 0 Å². The highest BCUT2D eigenvalue weighted by molar-refractivity contribution is 5.74. The van der Waals surface area contributed by atoms with Crippen molar-refractivity contribution in [3.63, 3.8) is 0 Å². The van der Waals surface area contributed by atoms with Gasteiger partial charge in [0, 0.05) is 44.4 Å². The zero-order chi connectivity index (χ0) is 25.4. The van der Waals surface area contributed by atoms with Gasteiger partial charge in [0.15, 0.2) is 0 Å². The van der Waals surface area contributed by atoms with E-state index >= 15 is 0 Å². The molecule has 0 bridgehead atoms. The second-order valence-electron chi connectivity index (χ2n) is 9.27. The number of carbonyl (C=O) groups is 1. The molecular formula is C28H41N3O4. The van der Waals surface area contributed by atoms with E-state index in [1.807, 2.05) is 24.3 Å². The predicted octanol–water partition coefficient (Wildman–Crippen LogP) is 4.70. The van der Waals surface area contributed by atoms with Crippen LogP contribution in [0.2, 0.25) is 0 Å². The molecule has 35 heavy (non-hydrogen) atoms. The van der Waals surface area contributed by atoms with E-state index in [4.69, 9.17) is 14.2 Å². The van der Waals surface area contributed by atoms with Gasteiger partial charge in [-0.05, 0) is 62.4 Å². The average molecular weight is 484 g/mol. The Kier molecular flexibility index (Phi) is 9.81. The molecule has 1 saturated heterocycles. The smallest absolute Gasteiger partial charge is 0.317 e. The minimum absolute atomic E-state index is 0.0546. The minimum atomic E-state index is -0.0546. The number of nitrogens with zero attached hydrogens (tertiary/aromatic N) is 2. The summed E-state index contributed by atoms with van der Waals surface area (Å²) in [6, 6.07) is 12.5. The molecule has 0 aliphatic carbocycles. The number of rotatable bonds is 10. The molecule has 2 aromatic carbocycles. The molecular weight excluding hydrogens is 442 g/mol. The zero-order valence-corrected chi connectivity index (χ0v) is 22.1. The Morgan fingerprint density at radius 1 is 1.03 bits per heavy atom. The monoisotopic (exact) mass is 483 g/mol. The van der Waals surface area contributed by atoms with Crippen LogP contribution in [0.4, 0.5) is 4.79 Å². The Balaban J connectivity index is 1.59. The van der Waals surface area contributed by atoms with Gasteiger partial charge >= 0.3 is 6.03 Å². The lowest BCUT2D eigenvalue weighted by Gasteiger charge is -2.38. The van der Waals surface area contributed by atoms with Gasteiger partial charge in [0.2, 0.25) is 0 Å². The molecule has 2 aromatic rings. The predicted molar refractivity (Wildman–Crippen MR) is 139 cm³/mol. The molecule has 0 aromatic heterocycles. The van der Waals surface area contributed by atoms with Gasteiger partial charge in [0.1, 0.15) is 11.5 Å². The summed E-state index contributed by atoms with van der Waals surface area (Å²) in [6.07, 6.45) is 1.86. The quantitative estimate of drug-likeness (QED) is 0.531. The maximum Gasteiger partial charge on any atom is 0.317 e. The van der Waals surface area contributed by atoms with Crippen molar-refractivity contribution in [3.05, 3.63) is 58.7 Å². The number of amides is 2. The van der Waals surface area contributed by atoms with Crippen molar-refractivity contribution in [2.45, 2.75) is 52.2 Å². The van der Waals surface area contributed by atoms with Crippen LogP contribution >= 0.6 is 0 Å². The van der Waals surface area contributed by atoms with Gasteiger partial charge in [0.05, 0.1) is 27.4 Å².